The first-order valence-electron chi connectivity index (χ1n) is 9.49. The molecule has 2 amide bonds. The number of nitrogens with zero attached hydrogens (tertiary/aromatic N) is 3. The molecule has 0 bridgehead atoms. The summed E-state index contributed by atoms with van der Waals surface area (Å²) < 4.78 is 9.44. The quantitative estimate of drug-likeness (QED) is 0.503. The molecular weight excluding hydrogens is 514 g/mol. The van der Waals surface area contributed by atoms with Crippen LogP contribution in [0.5, 0.6) is 5.75 Å². The Bertz CT molecular complexity index is 1080. The highest BCUT2D eigenvalue weighted by atomic mass is 79.9. The standard InChI is InChI=1S/C21H21Br2N5O2/c1-27-20(17(23)12-25-27)16-11-15(3-5-19(16)30-9-7-24)26-21(29)28-8-6-13-10-14(22)2-4-18(13)28/h2-5,10-12H,6-9,24H2,1H3,(H,26,29). The van der Waals surface area contributed by atoms with Crippen molar-refractivity contribution in [3.63, 3.8) is 0 Å². The van der Waals surface area contributed by atoms with Gasteiger partial charge in [-0.25, -0.2) is 4.79 Å². The lowest BCUT2D eigenvalue weighted by atomic mass is 10.1. The third-order valence-electron chi connectivity index (χ3n) is 4.94. The van der Waals surface area contributed by atoms with Crippen LogP contribution in [-0.4, -0.2) is 35.5 Å². The average Bonchev–Trinajstić information content (AvgIpc) is 3.29. The van der Waals surface area contributed by atoms with Crippen molar-refractivity contribution in [1.29, 1.82) is 0 Å². The number of hydrogen-bond acceptors (Lipinski definition) is 4. The number of halogens is 2. The Balaban J connectivity index is 1.63. The molecule has 0 unspecified atom stereocenters. The maximum atomic E-state index is 13.0. The number of nitrogens with two attached hydrogens (primary N) is 1. The van der Waals surface area contributed by atoms with Crippen LogP contribution in [0.15, 0.2) is 51.5 Å². The molecule has 0 spiro atoms. The van der Waals surface area contributed by atoms with E-state index in [9.17, 15) is 4.79 Å². The van der Waals surface area contributed by atoms with Gasteiger partial charge in [-0.3, -0.25) is 9.58 Å². The Morgan fingerprint density at radius 2 is 2.10 bits per heavy atom. The second kappa shape index (κ2) is 8.79. The van der Waals surface area contributed by atoms with Crippen LogP contribution in [0.25, 0.3) is 11.3 Å². The van der Waals surface area contributed by atoms with E-state index in [1.807, 2.05) is 37.4 Å². The van der Waals surface area contributed by atoms with E-state index in [-0.39, 0.29) is 6.03 Å². The van der Waals surface area contributed by atoms with Gasteiger partial charge in [0, 0.05) is 41.5 Å². The van der Waals surface area contributed by atoms with Crippen molar-refractivity contribution in [3.8, 4) is 17.0 Å². The zero-order valence-electron chi connectivity index (χ0n) is 16.4. The van der Waals surface area contributed by atoms with Crippen LogP contribution in [0, 0.1) is 0 Å². The van der Waals surface area contributed by atoms with Crippen molar-refractivity contribution in [3.05, 3.63) is 57.1 Å². The maximum absolute atomic E-state index is 13.0. The molecule has 0 atom stereocenters. The topological polar surface area (TPSA) is 85.4 Å². The zero-order chi connectivity index (χ0) is 21.3. The van der Waals surface area contributed by atoms with Gasteiger partial charge in [-0.15, -0.1) is 0 Å². The van der Waals surface area contributed by atoms with Crippen molar-refractivity contribution in [1.82, 2.24) is 9.78 Å². The molecule has 2 heterocycles. The lowest BCUT2D eigenvalue weighted by molar-refractivity contribution is 0.257. The van der Waals surface area contributed by atoms with Crippen LogP contribution in [0.4, 0.5) is 16.2 Å². The summed E-state index contributed by atoms with van der Waals surface area (Å²) in [6.07, 6.45) is 2.56. The first-order chi connectivity index (χ1) is 14.5. The van der Waals surface area contributed by atoms with Gasteiger partial charge in [0.15, 0.2) is 0 Å². The number of aryl methyl sites for hydroxylation is 1. The summed E-state index contributed by atoms with van der Waals surface area (Å²) in [6.45, 7) is 1.46. The number of amides is 2. The first-order valence-corrected chi connectivity index (χ1v) is 11.1. The number of rotatable bonds is 5. The fourth-order valence-corrected chi connectivity index (χ4v) is 4.54. The van der Waals surface area contributed by atoms with E-state index in [4.69, 9.17) is 10.5 Å². The number of benzene rings is 2. The summed E-state index contributed by atoms with van der Waals surface area (Å²) in [4.78, 5) is 14.7. The molecule has 4 rings (SSSR count). The molecule has 0 fully saturated rings. The fraction of sp³-hybridized carbons (Fsp3) is 0.238. The number of ether oxygens (including phenoxy) is 1. The van der Waals surface area contributed by atoms with Crippen molar-refractivity contribution in [2.45, 2.75) is 6.42 Å². The third kappa shape index (κ3) is 4.10. The molecule has 0 radical (unpaired) electrons. The Morgan fingerprint density at radius 1 is 1.27 bits per heavy atom. The Morgan fingerprint density at radius 3 is 2.83 bits per heavy atom. The molecule has 30 heavy (non-hydrogen) atoms. The van der Waals surface area contributed by atoms with E-state index in [0.717, 1.165) is 37.9 Å². The van der Waals surface area contributed by atoms with Crippen LogP contribution >= 0.6 is 31.9 Å². The normalized spacial score (nSPS) is 12.7. The first kappa shape index (κ1) is 20.9. The molecule has 1 aliphatic rings. The number of fused-ring (bicyclic) bond motifs is 1. The number of urea groups is 1. The van der Waals surface area contributed by atoms with E-state index < -0.39 is 0 Å². The SMILES string of the molecule is Cn1ncc(Br)c1-c1cc(NC(=O)N2CCc3cc(Br)ccc32)ccc1OCCN. The molecule has 0 saturated heterocycles. The predicted octanol–water partition coefficient (Wildman–Crippen LogP) is 4.54. The van der Waals surface area contributed by atoms with Crippen molar-refractivity contribution in [2.75, 3.05) is 29.9 Å². The number of anilines is 2. The van der Waals surface area contributed by atoms with Gasteiger partial charge in [-0.05, 0) is 64.3 Å². The summed E-state index contributed by atoms with van der Waals surface area (Å²) in [6, 6.07) is 11.4. The third-order valence-corrected chi connectivity index (χ3v) is 6.01. The Hall–Kier alpha value is -2.36. The van der Waals surface area contributed by atoms with Gasteiger partial charge < -0.3 is 15.8 Å². The molecule has 9 heteroatoms. The van der Waals surface area contributed by atoms with Crippen LogP contribution in [-0.2, 0) is 13.5 Å². The number of carbonyl (C=O) groups is 1. The molecule has 3 aromatic rings. The summed E-state index contributed by atoms with van der Waals surface area (Å²) in [5.74, 6) is 0.680. The minimum atomic E-state index is -0.165. The summed E-state index contributed by atoms with van der Waals surface area (Å²) >= 11 is 7.04. The molecular formula is C21H21Br2N5O2. The van der Waals surface area contributed by atoms with E-state index in [1.54, 1.807) is 15.8 Å². The molecule has 3 N–H and O–H groups in total. The minimum absolute atomic E-state index is 0.165. The summed E-state index contributed by atoms with van der Waals surface area (Å²) in [7, 11) is 1.86. The van der Waals surface area contributed by atoms with E-state index in [1.165, 1.54) is 0 Å². The minimum Gasteiger partial charge on any atom is -0.492 e. The number of aromatic nitrogens is 2. The molecule has 1 aromatic heterocycles. The predicted molar refractivity (Wildman–Crippen MR) is 125 cm³/mol. The second-order valence-electron chi connectivity index (χ2n) is 6.92. The second-order valence-corrected chi connectivity index (χ2v) is 8.69. The molecule has 7 nitrogen and oxygen atoms in total. The number of carbonyl (C=O) groups excluding carboxylic acids is 1. The monoisotopic (exact) mass is 533 g/mol. The average molecular weight is 535 g/mol. The zero-order valence-corrected chi connectivity index (χ0v) is 19.5. The maximum Gasteiger partial charge on any atom is 0.326 e. The van der Waals surface area contributed by atoms with E-state index in [0.29, 0.717) is 31.1 Å². The fourth-order valence-electron chi connectivity index (χ4n) is 3.57. The molecule has 2 aromatic carbocycles. The van der Waals surface area contributed by atoms with Gasteiger partial charge >= 0.3 is 6.03 Å². The highest BCUT2D eigenvalue weighted by molar-refractivity contribution is 9.10. The van der Waals surface area contributed by atoms with Gasteiger partial charge in [0.1, 0.15) is 12.4 Å². The Kier molecular flexibility index (Phi) is 6.12. The molecule has 156 valence electrons. The lowest BCUT2D eigenvalue weighted by Gasteiger charge is -2.19. The van der Waals surface area contributed by atoms with Gasteiger partial charge in [0.05, 0.1) is 16.4 Å². The van der Waals surface area contributed by atoms with Crippen molar-refractivity contribution < 1.29 is 9.53 Å². The van der Waals surface area contributed by atoms with Crippen LogP contribution in [0.1, 0.15) is 5.56 Å². The largest absolute Gasteiger partial charge is 0.492 e. The van der Waals surface area contributed by atoms with Crippen molar-refractivity contribution in [2.24, 2.45) is 12.8 Å². The lowest BCUT2D eigenvalue weighted by Crippen LogP contribution is -2.33. The number of nitrogens with one attached hydrogen (secondary N) is 1. The smallest absolute Gasteiger partial charge is 0.326 e. The van der Waals surface area contributed by atoms with Gasteiger partial charge in [-0.1, -0.05) is 15.9 Å². The van der Waals surface area contributed by atoms with Crippen molar-refractivity contribution >= 4 is 49.3 Å². The summed E-state index contributed by atoms with van der Waals surface area (Å²) in [5, 5.41) is 7.30. The molecule has 1 aliphatic heterocycles. The van der Waals surface area contributed by atoms with Gasteiger partial charge in [-0.2, -0.15) is 5.10 Å². The van der Waals surface area contributed by atoms with Crippen LogP contribution in [0.2, 0.25) is 0 Å². The van der Waals surface area contributed by atoms with E-state index >= 15 is 0 Å². The van der Waals surface area contributed by atoms with Crippen LogP contribution in [0.3, 0.4) is 0 Å². The van der Waals surface area contributed by atoms with Crippen LogP contribution < -0.4 is 20.7 Å². The molecule has 0 aliphatic carbocycles. The highest BCUT2D eigenvalue weighted by Gasteiger charge is 2.25. The van der Waals surface area contributed by atoms with Gasteiger partial charge in [0.2, 0.25) is 0 Å². The number of hydrogen-bond donors (Lipinski definition) is 2. The Labute approximate surface area is 191 Å². The highest BCUT2D eigenvalue weighted by Crippen LogP contribution is 2.37. The summed E-state index contributed by atoms with van der Waals surface area (Å²) in [5.41, 5.74) is 10.0. The molecule has 0 saturated carbocycles. The van der Waals surface area contributed by atoms with E-state index in [2.05, 4.69) is 48.3 Å². The van der Waals surface area contributed by atoms with Gasteiger partial charge in [0.25, 0.3) is 0 Å².